The molecule has 3 N–H and O–H groups in total. The fraction of sp³-hybridized carbons (Fsp3) is 0.462. The lowest BCUT2D eigenvalue weighted by atomic mass is 9.76. The normalized spacial score (nSPS) is 16.8. The average Bonchev–Trinajstić information content (AvgIpc) is 2.33. The molecule has 18 heavy (non-hydrogen) atoms. The molecule has 4 nitrogen and oxygen atoms in total. The van der Waals surface area contributed by atoms with Gasteiger partial charge in [0.2, 0.25) is 0 Å². The molecule has 0 saturated heterocycles. The van der Waals surface area contributed by atoms with Crippen molar-refractivity contribution in [1.29, 1.82) is 0 Å². The average molecular weight is 252 g/mol. The molecule has 5 heteroatoms. The van der Waals surface area contributed by atoms with Gasteiger partial charge in [0.1, 0.15) is 17.1 Å². The van der Waals surface area contributed by atoms with Gasteiger partial charge >= 0.3 is 0 Å². The van der Waals surface area contributed by atoms with Crippen molar-refractivity contribution in [2.24, 2.45) is 5.73 Å². The monoisotopic (exact) mass is 252 g/mol. The number of ether oxygens (including phenoxy) is 1. The van der Waals surface area contributed by atoms with Crippen LogP contribution in [0.4, 0.5) is 4.39 Å². The number of methoxy groups -OCH3 is 1. The topological polar surface area (TPSA) is 64.3 Å². The molecule has 2 rings (SSSR count). The number of amides is 1. The molecule has 0 aromatic heterocycles. The number of nitrogens with two attached hydrogens (primary N) is 1. The lowest BCUT2D eigenvalue weighted by Gasteiger charge is -2.41. The Morgan fingerprint density at radius 3 is 2.78 bits per heavy atom. The predicted molar refractivity (Wildman–Crippen MR) is 66.1 cm³/mol. The molecule has 1 aliphatic carbocycles. The number of hydrogen-bond donors (Lipinski definition) is 2. The van der Waals surface area contributed by atoms with Crippen LogP contribution in [-0.2, 0) is 0 Å². The largest absolute Gasteiger partial charge is 0.496 e. The zero-order chi connectivity index (χ0) is 13.2. The third-order valence-corrected chi connectivity index (χ3v) is 3.50. The molecule has 0 bridgehead atoms. The molecule has 0 heterocycles. The second-order valence-electron chi connectivity index (χ2n) is 4.61. The van der Waals surface area contributed by atoms with Crippen LogP contribution < -0.4 is 15.8 Å². The fourth-order valence-electron chi connectivity index (χ4n) is 2.18. The second kappa shape index (κ2) is 4.94. The van der Waals surface area contributed by atoms with Crippen LogP contribution in [0.25, 0.3) is 0 Å². The van der Waals surface area contributed by atoms with Crippen molar-refractivity contribution in [2.45, 2.75) is 24.8 Å². The van der Waals surface area contributed by atoms with Crippen LogP contribution in [0.3, 0.4) is 0 Å². The summed E-state index contributed by atoms with van der Waals surface area (Å²) in [5, 5.41) is 2.83. The Balaban J connectivity index is 2.23. The number of halogens is 1. The van der Waals surface area contributed by atoms with Crippen LogP contribution in [-0.4, -0.2) is 25.1 Å². The quantitative estimate of drug-likeness (QED) is 0.852. The molecular weight excluding hydrogens is 235 g/mol. The Labute approximate surface area is 105 Å². The van der Waals surface area contributed by atoms with E-state index in [1.165, 1.54) is 19.2 Å². The molecule has 0 radical (unpaired) electrons. The lowest BCUT2D eigenvalue weighted by molar-refractivity contribution is 0.0830. The Bertz CT molecular complexity index is 453. The Morgan fingerprint density at radius 2 is 2.28 bits per heavy atom. The van der Waals surface area contributed by atoms with Gasteiger partial charge in [0.05, 0.1) is 12.6 Å². The number of hydrogen-bond acceptors (Lipinski definition) is 3. The number of benzene rings is 1. The van der Waals surface area contributed by atoms with Gasteiger partial charge in [-0.15, -0.1) is 0 Å². The van der Waals surface area contributed by atoms with E-state index in [0.717, 1.165) is 19.3 Å². The van der Waals surface area contributed by atoms with Gasteiger partial charge in [-0.1, -0.05) is 6.07 Å². The van der Waals surface area contributed by atoms with E-state index in [4.69, 9.17) is 10.5 Å². The summed E-state index contributed by atoms with van der Waals surface area (Å²) in [5.41, 5.74) is 5.24. The van der Waals surface area contributed by atoms with E-state index in [1.54, 1.807) is 6.07 Å². The summed E-state index contributed by atoms with van der Waals surface area (Å²) in [6.45, 7) is 0.371. The molecule has 1 amide bonds. The SMILES string of the molecule is COc1cccc(F)c1C(=O)NC1(CN)CCC1. The molecular formula is C13H17FN2O2. The zero-order valence-electron chi connectivity index (χ0n) is 10.3. The first-order chi connectivity index (χ1) is 8.62. The van der Waals surface area contributed by atoms with Gasteiger partial charge in [-0.05, 0) is 31.4 Å². The van der Waals surface area contributed by atoms with Gasteiger partial charge in [0, 0.05) is 6.54 Å². The smallest absolute Gasteiger partial charge is 0.258 e. The van der Waals surface area contributed by atoms with Crippen molar-refractivity contribution < 1.29 is 13.9 Å². The van der Waals surface area contributed by atoms with Gasteiger partial charge in [-0.3, -0.25) is 4.79 Å². The third kappa shape index (κ3) is 2.18. The minimum atomic E-state index is -0.585. The van der Waals surface area contributed by atoms with Gasteiger partial charge in [0.25, 0.3) is 5.91 Å². The highest BCUT2D eigenvalue weighted by atomic mass is 19.1. The van der Waals surface area contributed by atoms with Gasteiger partial charge in [-0.2, -0.15) is 0 Å². The highest BCUT2D eigenvalue weighted by molar-refractivity contribution is 5.97. The summed E-state index contributed by atoms with van der Waals surface area (Å²) in [6.07, 6.45) is 2.71. The lowest BCUT2D eigenvalue weighted by Crippen LogP contribution is -2.58. The van der Waals surface area contributed by atoms with Crippen LogP contribution >= 0.6 is 0 Å². The van der Waals surface area contributed by atoms with E-state index in [2.05, 4.69) is 5.32 Å². The standard InChI is InChI=1S/C13H17FN2O2/c1-18-10-5-2-4-9(14)11(10)12(17)16-13(8-15)6-3-7-13/h2,4-5H,3,6-8,15H2,1H3,(H,16,17). The maximum absolute atomic E-state index is 13.7. The first-order valence-corrected chi connectivity index (χ1v) is 5.97. The predicted octanol–water partition coefficient (Wildman–Crippen LogP) is 1.45. The molecule has 0 spiro atoms. The molecule has 0 aliphatic heterocycles. The van der Waals surface area contributed by atoms with Gasteiger partial charge in [0.15, 0.2) is 0 Å². The molecule has 0 atom stereocenters. The van der Waals surface area contributed by atoms with Crippen molar-refractivity contribution in [3.63, 3.8) is 0 Å². The second-order valence-corrected chi connectivity index (χ2v) is 4.61. The number of carbonyl (C=O) groups excluding carboxylic acids is 1. The summed E-state index contributed by atoms with van der Waals surface area (Å²) in [5.74, 6) is -0.813. The van der Waals surface area contributed by atoms with E-state index < -0.39 is 11.7 Å². The van der Waals surface area contributed by atoms with Crippen LogP contribution in [0.1, 0.15) is 29.6 Å². The highest BCUT2D eigenvalue weighted by Gasteiger charge is 2.38. The molecule has 1 aliphatic rings. The summed E-state index contributed by atoms with van der Waals surface area (Å²) in [6, 6.07) is 4.31. The highest BCUT2D eigenvalue weighted by Crippen LogP contribution is 2.32. The van der Waals surface area contributed by atoms with Crippen molar-refractivity contribution in [1.82, 2.24) is 5.32 Å². The van der Waals surface area contributed by atoms with Crippen molar-refractivity contribution in [2.75, 3.05) is 13.7 Å². The molecule has 1 fully saturated rings. The molecule has 98 valence electrons. The number of rotatable bonds is 4. The summed E-state index contributed by atoms with van der Waals surface area (Å²) in [7, 11) is 1.41. The van der Waals surface area contributed by atoms with Crippen molar-refractivity contribution in [3.8, 4) is 5.75 Å². The van der Waals surface area contributed by atoms with Gasteiger partial charge < -0.3 is 15.8 Å². The van der Waals surface area contributed by atoms with Crippen LogP contribution in [0.2, 0.25) is 0 Å². The van der Waals surface area contributed by atoms with E-state index >= 15 is 0 Å². The molecule has 1 aromatic carbocycles. The number of nitrogens with one attached hydrogen (secondary N) is 1. The first kappa shape index (κ1) is 12.8. The Morgan fingerprint density at radius 1 is 1.56 bits per heavy atom. The van der Waals surface area contributed by atoms with E-state index in [-0.39, 0.29) is 16.9 Å². The van der Waals surface area contributed by atoms with Crippen molar-refractivity contribution in [3.05, 3.63) is 29.6 Å². The van der Waals surface area contributed by atoms with E-state index in [0.29, 0.717) is 6.54 Å². The maximum Gasteiger partial charge on any atom is 0.258 e. The van der Waals surface area contributed by atoms with Crippen LogP contribution in [0, 0.1) is 5.82 Å². The third-order valence-electron chi connectivity index (χ3n) is 3.50. The Hall–Kier alpha value is -1.62. The van der Waals surface area contributed by atoms with Crippen molar-refractivity contribution >= 4 is 5.91 Å². The van der Waals surface area contributed by atoms with E-state index in [9.17, 15) is 9.18 Å². The van der Waals surface area contributed by atoms with Gasteiger partial charge in [-0.25, -0.2) is 4.39 Å². The minimum absolute atomic E-state index is 0.0558. The molecule has 1 aromatic rings. The number of carbonyl (C=O) groups is 1. The summed E-state index contributed by atoms with van der Waals surface area (Å²) >= 11 is 0. The summed E-state index contributed by atoms with van der Waals surface area (Å²) in [4.78, 5) is 12.1. The first-order valence-electron chi connectivity index (χ1n) is 5.97. The minimum Gasteiger partial charge on any atom is -0.496 e. The Kier molecular flexibility index (Phi) is 3.52. The maximum atomic E-state index is 13.7. The zero-order valence-corrected chi connectivity index (χ0v) is 10.3. The fourth-order valence-corrected chi connectivity index (χ4v) is 2.18. The molecule has 0 unspecified atom stereocenters. The molecule has 1 saturated carbocycles. The summed E-state index contributed by atoms with van der Waals surface area (Å²) < 4.78 is 18.7. The van der Waals surface area contributed by atoms with E-state index in [1.807, 2.05) is 0 Å². The van der Waals surface area contributed by atoms with Crippen LogP contribution in [0.15, 0.2) is 18.2 Å². The van der Waals surface area contributed by atoms with Crippen LogP contribution in [0.5, 0.6) is 5.75 Å².